The van der Waals surface area contributed by atoms with E-state index < -0.39 is 0 Å². The molecule has 0 fully saturated rings. The van der Waals surface area contributed by atoms with E-state index in [9.17, 15) is 9.90 Å². The summed E-state index contributed by atoms with van der Waals surface area (Å²) in [6.45, 7) is 4.54. The van der Waals surface area contributed by atoms with Crippen LogP contribution in [0.2, 0.25) is 0 Å². The Hall–Kier alpha value is -2.32. The molecule has 0 unspecified atom stereocenters. The molecule has 1 aromatic heterocycles. The van der Waals surface area contributed by atoms with Crippen molar-refractivity contribution in [2.75, 3.05) is 11.1 Å². The highest BCUT2D eigenvalue weighted by molar-refractivity contribution is 9.10. The Morgan fingerprint density at radius 2 is 2.04 bits per heavy atom. The van der Waals surface area contributed by atoms with Crippen molar-refractivity contribution in [2.45, 2.75) is 25.5 Å². The predicted octanol–water partition coefficient (Wildman–Crippen LogP) is 4.47. The SMILES string of the molecule is CCn1c(SCC(=O)Nc2ccccc2C)nnc1-c1cc(Br)ccc1O. The maximum atomic E-state index is 12.3. The van der Waals surface area contributed by atoms with E-state index in [1.54, 1.807) is 18.2 Å². The van der Waals surface area contributed by atoms with E-state index in [0.29, 0.717) is 23.1 Å². The van der Waals surface area contributed by atoms with E-state index in [1.165, 1.54) is 11.8 Å². The van der Waals surface area contributed by atoms with Gasteiger partial charge in [-0.2, -0.15) is 0 Å². The van der Waals surface area contributed by atoms with Crippen molar-refractivity contribution < 1.29 is 9.90 Å². The zero-order valence-corrected chi connectivity index (χ0v) is 17.3. The number of amides is 1. The van der Waals surface area contributed by atoms with Crippen molar-refractivity contribution in [1.29, 1.82) is 0 Å². The summed E-state index contributed by atoms with van der Waals surface area (Å²) in [5.41, 5.74) is 2.41. The number of nitrogens with zero attached hydrogens (tertiary/aromatic N) is 3. The maximum Gasteiger partial charge on any atom is 0.234 e. The number of hydrogen-bond donors (Lipinski definition) is 2. The molecule has 0 aliphatic heterocycles. The molecule has 27 heavy (non-hydrogen) atoms. The standard InChI is InChI=1S/C19H19BrN4O2S/c1-3-24-18(14-10-13(20)8-9-16(14)25)22-23-19(24)27-11-17(26)21-15-7-5-4-6-12(15)2/h4-10,25H,3,11H2,1-2H3,(H,21,26). The highest BCUT2D eigenvalue weighted by atomic mass is 79.9. The van der Waals surface area contributed by atoms with Gasteiger partial charge < -0.3 is 15.0 Å². The predicted molar refractivity (Wildman–Crippen MR) is 111 cm³/mol. The average molecular weight is 447 g/mol. The van der Waals surface area contributed by atoms with Crippen molar-refractivity contribution in [2.24, 2.45) is 0 Å². The van der Waals surface area contributed by atoms with Crippen LogP contribution in [0.4, 0.5) is 5.69 Å². The number of para-hydroxylation sites is 1. The highest BCUT2D eigenvalue weighted by Gasteiger charge is 2.17. The average Bonchev–Trinajstić information content (AvgIpc) is 3.06. The lowest BCUT2D eigenvalue weighted by molar-refractivity contribution is -0.113. The van der Waals surface area contributed by atoms with Crippen molar-refractivity contribution >= 4 is 39.3 Å². The molecule has 0 spiro atoms. The summed E-state index contributed by atoms with van der Waals surface area (Å²) in [6, 6.07) is 12.8. The van der Waals surface area contributed by atoms with Gasteiger partial charge in [0.15, 0.2) is 11.0 Å². The van der Waals surface area contributed by atoms with Crippen molar-refractivity contribution in [3.63, 3.8) is 0 Å². The largest absolute Gasteiger partial charge is 0.507 e. The van der Waals surface area contributed by atoms with Gasteiger partial charge >= 0.3 is 0 Å². The van der Waals surface area contributed by atoms with Gasteiger partial charge in [0.1, 0.15) is 5.75 Å². The summed E-state index contributed by atoms with van der Waals surface area (Å²) in [7, 11) is 0. The van der Waals surface area contributed by atoms with Gasteiger partial charge in [0.05, 0.1) is 11.3 Å². The number of carbonyl (C=O) groups is 1. The number of phenolic OH excluding ortho intramolecular Hbond substituents is 1. The van der Waals surface area contributed by atoms with Gasteiger partial charge in [-0.25, -0.2) is 0 Å². The minimum absolute atomic E-state index is 0.105. The number of aryl methyl sites for hydroxylation is 1. The Bertz CT molecular complexity index is 974. The summed E-state index contributed by atoms with van der Waals surface area (Å²) >= 11 is 4.72. The Balaban J connectivity index is 1.74. The smallest absolute Gasteiger partial charge is 0.234 e. The topological polar surface area (TPSA) is 80.0 Å². The van der Waals surface area contributed by atoms with Crippen LogP contribution in [-0.2, 0) is 11.3 Å². The third-order valence-electron chi connectivity index (χ3n) is 3.98. The highest BCUT2D eigenvalue weighted by Crippen LogP contribution is 2.32. The van der Waals surface area contributed by atoms with Gasteiger partial charge in [-0.1, -0.05) is 45.9 Å². The quantitative estimate of drug-likeness (QED) is 0.545. The van der Waals surface area contributed by atoms with E-state index in [1.807, 2.05) is 42.7 Å². The molecule has 140 valence electrons. The van der Waals surface area contributed by atoms with Crippen LogP contribution in [0.5, 0.6) is 5.75 Å². The summed E-state index contributed by atoms with van der Waals surface area (Å²) in [5, 5.41) is 22.1. The Kier molecular flexibility index (Phi) is 6.18. The normalized spacial score (nSPS) is 10.8. The van der Waals surface area contributed by atoms with Gasteiger partial charge in [-0.05, 0) is 43.7 Å². The fourth-order valence-electron chi connectivity index (χ4n) is 2.60. The summed E-state index contributed by atoms with van der Waals surface area (Å²) in [5.74, 6) is 0.816. The number of carbonyl (C=O) groups excluding carboxylic acids is 1. The molecule has 0 bridgehead atoms. The second-order valence-corrected chi connectivity index (χ2v) is 7.72. The lowest BCUT2D eigenvalue weighted by atomic mass is 10.2. The van der Waals surface area contributed by atoms with Crippen LogP contribution in [0.1, 0.15) is 12.5 Å². The molecule has 1 heterocycles. The number of benzene rings is 2. The molecule has 0 aliphatic rings. The number of nitrogens with one attached hydrogen (secondary N) is 1. The number of anilines is 1. The van der Waals surface area contributed by atoms with Gasteiger partial charge in [0.2, 0.25) is 5.91 Å². The van der Waals surface area contributed by atoms with Crippen LogP contribution in [0.3, 0.4) is 0 Å². The number of hydrogen-bond acceptors (Lipinski definition) is 5. The first-order valence-corrected chi connectivity index (χ1v) is 10.2. The summed E-state index contributed by atoms with van der Waals surface area (Å²) in [6.07, 6.45) is 0. The molecule has 8 heteroatoms. The van der Waals surface area contributed by atoms with Gasteiger partial charge in [0.25, 0.3) is 0 Å². The van der Waals surface area contributed by atoms with E-state index in [4.69, 9.17) is 0 Å². The summed E-state index contributed by atoms with van der Waals surface area (Å²) < 4.78 is 2.72. The van der Waals surface area contributed by atoms with Crippen molar-refractivity contribution in [3.8, 4) is 17.1 Å². The second kappa shape index (κ2) is 8.58. The van der Waals surface area contributed by atoms with E-state index in [0.717, 1.165) is 15.7 Å². The number of rotatable bonds is 6. The van der Waals surface area contributed by atoms with Crippen LogP contribution in [-0.4, -0.2) is 31.5 Å². The minimum Gasteiger partial charge on any atom is -0.507 e. The number of phenols is 1. The molecule has 0 saturated carbocycles. The first-order chi connectivity index (χ1) is 13.0. The molecular formula is C19H19BrN4O2S. The van der Waals surface area contributed by atoms with Crippen molar-refractivity contribution in [3.05, 3.63) is 52.5 Å². The Labute approximate surface area is 170 Å². The van der Waals surface area contributed by atoms with Crippen LogP contribution in [0, 0.1) is 6.92 Å². The molecule has 3 aromatic rings. The van der Waals surface area contributed by atoms with Crippen LogP contribution >= 0.6 is 27.7 Å². The molecule has 6 nitrogen and oxygen atoms in total. The van der Waals surface area contributed by atoms with E-state index in [2.05, 4.69) is 31.4 Å². The molecule has 0 atom stereocenters. The fourth-order valence-corrected chi connectivity index (χ4v) is 3.76. The van der Waals surface area contributed by atoms with Gasteiger partial charge in [-0.15, -0.1) is 10.2 Å². The zero-order valence-electron chi connectivity index (χ0n) is 14.9. The van der Waals surface area contributed by atoms with E-state index >= 15 is 0 Å². The van der Waals surface area contributed by atoms with Gasteiger partial charge in [-0.3, -0.25) is 4.79 Å². The molecule has 1 amide bonds. The van der Waals surface area contributed by atoms with Gasteiger partial charge in [0, 0.05) is 16.7 Å². The van der Waals surface area contributed by atoms with Crippen LogP contribution < -0.4 is 5.32 Å². The molecular weight excluding hydrogens is 428 g/mol. The first kappa shape index (κ1) is 19.4. The molecule has 3 rings (SSSR count). The molecule has 0 radical (unpaired) electrons. The lowest BCUT2D eigenvalue weighted by Gasteiger charge is -2.10. The third-order valence-corrected chi connectivity index (χ3v) is 5.44. The summed E-state index contributed by atoms with van der Waals surface area (Å²) in [4.78, 5) is 12.3. The maximum absolute atomic E-state index is 12.3. The van der Waals surface area contributed by atoms with Crippen molar-refractivity contribution in [1.82, 2.24) is 14.8 Å². The monoisotopic (exact) mass is 446 g/mol. The molecule has 0 aliphatic carbocycles. The van der Waals surface area contributed by atoms with E-state index in [-0.39, 0.29) is 17.4 Å². The molecule has 2 aromatic carbocycles. The minimum atomic E-state index is -0.105. The number of thioether (sulfide) groups is 1. The van der Waals surface area contributed by atoms with Crippen LogP contribution in [0.25, 0.3) is 11.4 Å². The number of halogens is 1. The number of aromatic hydroxyl groups is 1. The zero-order chi connectivity index (χ0) is 19.4. The third kappa shape index (κ3) is 4.51. The number of aromatic nitrogens is 3. The second-order valence-electron chi connectivity index (χ2n) is 5.86. The Morgan fingerprint density at radius 1 is 1.26 bits per heavy atom. The lowest BCUT2D eigenvalue weighted by Crippen LogP contribution is -2.15. The van der Waals surface area contributed by atoms with Crippen LogP contribution in [0.15, 0.2) is 52.1 Å². The Morgan fingerprint density at radius 3 is 2.78 bits per heavy atom. The molecule has 0 saturated heterocycles. The fraction of sp³-hybridized carbons (Fsp3) is 0.211. The first-order valence-electron chi connectivity index (χ1n) is 8.40. The molecule has 2 N–H and O–H groups in total.